The molecule has 2 rings (SSSR count). The van der Waals surface area contributed by atoms with Gasteiger partial charge in [0, 0.05) is 36.7 Å². The van der Waals surface area contributed by atoms with Crippen LogP contribution in [-0.4, -0.2) is 31.0 Å². The maximum absolute atomic E-state index is 9.12. The highest BCUT2D eigenvalue weighted by Gasteiger charge is 2.20. The van der Waals surface area contributed by atoms with Crippen molar-refractivity contribution in [2.75, 3.05) is 19.8 Å². The molecule has 0 bridgehead atoms. The van der Waals surface area contributed by atoms with Crippen LogP contribution in [0.15, 0.2) is 18.2 Å². The van der Waals surface area contributed by atoms with Crippen molar-refractivity contribution in [3.63, 3.8) is 0 Å². The first-order valence-corrected chi connectivity index (χ1v) is 7.95. The van der Waals surface area contributed by atoms with Crippen molar-refractivity contribution >= 4 is 0 Å². The molecule has 1 aliphatic carbocycles. The monoisotopic (exact) mass is 293 g/mol. The van der Waals surface area contributed by atoms with Crippen LogP contribution >= 0.6 is 0 Å². The molecule has 0 amide bonds. The van der Waals surface area contributed by atoms with Crippen LogP contribution < -0.4 is 14.8 Å². The Morgan fingerprint density at radius 3 is 2.81 bits per heavy atom. The van der Waals surface area contributed by atoms with Crippen LogP contribution in [0.3, 0.4) is 0 Å². The third-order valence-corrected chi connectivity index (χ3v) is 3.51. The Hall–Kier alpha value is -1.26. The summed E-state index contributed by atoms with van der Waals surface area (Å²) in [7, 11) is 0. The number of aliphatic hydroxyl groups is 1. The fraction of sp³-hybridized carbons (Fsp3) is 0.647. The van der Waals surface area contributed by atoms with Crippen LogP contribution in [0, 0.1) is 5.92 Å². The van der Waals surface area contributed by atoms with Gasteiger partial charge in [-0.25, -0.2) is 0 Å². The van der Waals surface area contributed by atoms with Gasteiger partial charge >= 0.3 is 0 Å². The fourth-order valence-corrected chi connectivity index (χ4v) is 1.95. The maximum atomic E-state index is 9.12. The molecule has 2 N–H and O–H groups in total. The molecule has 0 aromatic heterocycles. The van der Waals surface area contributed by atoms with Crippen molar-refractivity contribution in [3.8, 4) is 11.5 Å². The minimum absolute atomic E-state index is 0.134. The molecular formula is C17H27NO3. The first-order chi connectivity index (χ1) is 10.2. The van der Waals surface area contributed by atoms with Gasteiger partial charge in [-0.2, -0.15) is 0 Å². The Balaban J connectivity index is 2.01. The van der Waals surface area contributed by atoms with Gasteiger partial charge in [-0.1, -0.05) is 19.9 Å². The highest BCUT2D eigenvalue weighted by molar-refractivity contribution is 5.41. The van der Waals surface area contributed by atoms with E-state index >= 15 is 0 Å². The van der Waals surface area contributed by atoms with E-state index in [2.05, 4.69) is 18.3 Å². The molecule has 1 aliphatic rings. The number of nitrogens with one attached hydrogen (secondary N) is 1. The summed E-state index contributed by atoms with van der Waals surface area (Å²) in [5.74, 6) is 1.84. The summed E-state index contributed by atoms with van der Waals surface area (Å²) in [6, 6.07) is 6.70. The Morgan fingerprint density at radius 2 is 2.14 bits per heavy atom. The zero-order valence-electron chi connectivity index (χ0n) is 13.1. The second kappa shape index (κ2) is 8.25. The standard InChI is InChI=1S/C17H27NO3/c1-3-8-20-16-7-4-14(10-18-15-5-6-15)17(9-16)21-12-13(2)11-19/h4,7,9,13,15,18-19H,3,5-6,8,10-12H2,1-2H3. The van der Waals surface area contributed by atoms with Crippen LogP contribution in [0.2, 0.25) is 0 Å². The van der Waals surface area contributed by atoms with E-state index in [9.17, 15) is 0 Å². The summed E-state index contributed by atoms with van der Waals surface area (Å²) in [6.07, 6.45) is 3.54. The first-order valence-electron chi connectivity index (χ1n) is 7.95. The number of hydrogen-bond acceptors (Lipinski definition) is 4. The molecule has 1 fully saturated rings. The van der Waals surface area contributed by atoms with Gasteiger partial charge in [0.05, 0.1) is 13.2 Å². The zero-order valence-corrected chi connectivity index (χ0v) is 13.1. The van der Waals surface area contributed by atoms with E-state index in [0.717, 1.165) is 30.0 Å². The van der Waals surface area contributed by atoms with Gasteiger partial charge in [0.15, 0.2) is 0 Å². The second-order valence-corrected chi connectivity index (χ2v) is 5.87. The maximum Gasteiger partial charge on any atom is 0.127 e. The third-order valence-electron chi connectivity index (χ3n) is 3.51. The van der Waals surface area contributed by atoms with Crippen LogP contribution in [0.1, 0.15) is 38.7 Å². The van der Waals surface area contributed by atoms with Crippen LogP contribution in [0.5, 0.6) is 11.5 Å². The van der Waals surface area contributed by atoms with E-state index < -0.39 is 0 Å². The molecule has 4 heteroatoms. The normalized spacial score (nSPS) is 15.8. The molecule has 1 atom stereocenters. The molecule has 1 unspecified atom stereocenters. The van der Waals surface area contributed by atoms with Crippen molar-refractivity contribution in [3.05, 3.63) is 23.8 Å². The number of aliphatic hydroxyl groups excluding tert-OH is 1. The average Bonchev–Trinajstić information content (AvgIpc) is 3.33. The largest absolute Gasteiger partial charge is 0.493 e. The van der Waals surface area contributed by atoms with Gasteiger partial charge in [0.1, 0.15) is 11.5 Å². The number of rotatable bonds is 10. The van der Waals surface area contributed by atoms with Gasteiger partial charge < -0.3 is 19.9 Å². The van der Waals surface area contributed by atoms with E-state index in [1.165, 1.54) is 12.8 Å². The lowest BCUT2D eigenvalue weighted by Gasteiger charge is -2.16. The van der Waals surface area contributed by atoms with Gasteiger partial charge in [-0.05, 0) is 25.3 Å². The van der Waals surface area contributed by atoms with Crippen molar-refractivity contribution in [1.82, 2.24) is 5.32 Å². The molecule has 1 aromatic rings. The Bertz CT molecular complexity index is 432. The molecule has 1 saturated carbocycles. The second-order valence-electron chi connectivity index (χ2n) is 5.87. The third kappa shape index (κ3) is 5.56. The minimum atomic E-state index is 0.134. The molecule has 4 nitrogen and oxygen atoms in total. The molecule has 0 spiro atoms. The summed E-state index contributed by atoms with van der Waals surface area (Å²) in [6.45, 7) is 6.26. The first kappa shape index (κ1) is 16.1. The summed E-state index contributed by atoms with van der Waals surface area (Å²) in [4.78, 5) is 0. The van der Waals surface area contributed by atoms with E-state index in [-0.39, 0.29) is 12.5 Å². The van der Waals surface area contributed by atoms with Crippen LogP contribution in [0.25, 0.3) is 0 Å². The number of hydrogen-bond donors (Lipinski definition) is 2. The zero-order chi connectivity index (χ0) is 15.1. The Kier molecular flexibility index (Phi) is 6.33. The summed E-state index contributed by atoms with van der Waals surface area (Å²) < 4.78 is 11.6. The van der Waals surface area contributed by atoms with E-state index in [1.54, 1.807) is 0 Å². The summed E-state index contributed by atoms with van der Waals surface area (Å²) in [5, 5.41) is 12.6. The fourth-order valence-electron chi connectivity index (χ4n) is 1.95. The molecule has 1 aromatic carbocycles. The quantitative estimate of drug-likeness (QED) is 0.696. The van der Waals surface area contributed by atoms with Crippen LogP contribution in [-0.2, 0) is 6.54 Å². The lowest BCUT2D eigenvalue weighted by molar-refractivity contribution is 0.173. The molecular weight excluding hydrogens is 266 g/mol. The van der Waals surface area contributed by atoms with Crippen molar-refractivity contribution < 1.29 is 14.6 Å². The van der Waals surface area contributed by atoms with Gasteiger partial charge in [0.25, 0.3) is 0 Å². The minimum Gasteiger partial charge on any atom is -0.493 e. The van der Waals surface area contributed by atoms with E-state index in [4.69, 9.17) is 14.6 Å². The topological polar surface area (TPSA) is 50.7 Å². The number of benzene rings is 1. The summed E-state index contributed by atoms with van der Waals surface area (Å²) in [5.41, 5.74) is 1.15. The highest BCUT2D eigenvalue weighted by atomic mass is 16.5. The Morgan fingerprint density at radius 1 is 1.33 bits per heavy atom. The summed E-state index contributed by atoms with van der Waals surface area (Å²) >= 11 is 0. The van der Waals surface area contributed by atoms with Crippen LogP contribution in [0.4, 0.5) is 0 Å². The molecule has 0 saturated heterocycles. The molecule has 21 heavy (non-hydrogen) atoms. The smallest absolute Gasteiger partial charge is 0.127 e. The van der Waals surface area contributed by atoms with E-state index in [0.29, 0.717) is 19.3 Å². The molecule has 0 aliphatic heterocycles. The van der Waals surface area contributed by atoms with E-state index in [1.807, 2.05) is 19.1 Å². The SMILES string of the molecule is CCCOc1ccc(CNC2CC2)c(OCC(C)CO)c1. The molecule has 0 radical (unpaired) electrons. The van der Waals surface area contributed by atoms with Gasteiger partial charge in [0.2, 0.25) is 0 Å². The lowest BCUT2D eigenvalue weighted by atomic mass is 10.1. The average molecular weight is 293 g/mol. The number of ether oxygens (including phenoxy) is 2. The van der Waals surface area contributed by atoms with Crippen molar-refractivity contribution in [2.45, 2.75) is 45.7 Å². The van der Waals surface area contributed by atoms with Crippen molar-refractivity contribution in [2.24, 2.45) is 5.92 Å². The lowest BCUT2D eigenvalue weighted by Crippen LogP contribution is -2.17. The Labute approximate surface area is 127 Å². The van der Waals surface area contributed by atoms with Crippen molar-refractivity contribution in [1.29, 1.82) is 0 Å². The van der Waals surface area contributed by atoms with Gasteiger partial charge in [-0.15, -0.1) is 0 Å². The molecule has 0 heterocycles. The predicted molar refractivity (Wildman–Crippen MR) is 83.8 cm³/mol. The predicted octanol–water partition coefficient (Wildman–Crippen LogP) is 2.73. The highest BCUT2D eigenvalue weighted by Crippen LogP contribution is 2.27. The molecule has 118 valence electrons. The van der Waals surface area contributed by atoms with Gasteiger partial charge in [-0.3, -0.25) is 0 Å².